The van der Waals surface area contributed by atoms with Crippen molar-refractivity contribution in [2.75, 3.05) is 60.9 Å². The molecule has 2 aliphatic heterocycles. The van der Waals surface area contributed by atoms with Gasteiger partial charge in [-0.2, -0.15) is 0 Å². The Hall–Kier alpha value is -2.17. The van der Waals surface area contributed by atoms with Gasteiger partial charge in [0.05, 0.1) is 24.6 Å². The van der Waals surface area contributed by atoms with E-state index in [2.05, 4.69) is 15.7 Å². The van der Waals surface area contributed by atoms with Crippen molar-refractivity contribution in [2.24, 2.45) is 5.92 Å². The molecule has 2 fully saturated rings. The first kappa shape index (κ1) is 23.0. The van der Waals surface area contributed by atoms with Crippen molar-refractivity contribution in [1.29, 1.82) is 0 Å². The van der Waals surface area contributed by atoms with Gasteiger partial charge < -0.3 is 15.4 Å². The second-order valence-corrected chi connectivity index (χ2v) is 10.0. The minimum atomic E-state index is -2.76. The van der Waals surface area contributed by atoms with Gasteiger partial charge in [-0.1, -0.05) is 29.3 Å². The number of hydrogen-bond acceptors (Lipinski definition) is 7. The minimum Gasteiger partial charge on any atom is -0.390 e. The number of halogens is 3. The third kappa shape index (κ3) is 4.62. The highest BCUT2D eigenvalue weighted by Crippen LogP contribution is 2.37. The van der Waals surface area contributed by atoms with E-state index in [9.17, 15) is 8.78 Å². The number of ether oxygens (including phenoxy) is 1. The molecule has 4 rings (SSSR count). The largest absolute Gasteiger partial charge is 0.390 e. The van der Waals surface area contributed by atoms with E-state index in [1.165, 1.54) is 0 Å². The fraction of sp³-hybridized carbons (Fsp3) is 0.619. The van der Waals surface area contributed by atoms with Crippen LogP contribution in [0.15, 0.2) is 24.3 Å². The molecule has 5 N–H and O–H groups in total. The summed E-state index contributed by atoms with van der Waals surface area (Å²) in [5.74, 6) is -1.48. The second-order valence-electron chi connectivity index (χ2n) is 9.21. The van der Waals surface area contributed by atoms with Gasteiger partial charge in [0.15, 0.2) is 5.69 Å². The topological polar surface area (TPSA) is 92.8 Å². The average molecular weight is 471 g/mol. The molecule has 0 spiro atoms. The molecular formula is C21H31ClF2N7O+. The molecule has 0 bridgehead atoms. The SMILES string of the molecule is CNN(CC1C=CC=CC1(C)Cl)c1nc(NC2(C)COC2)[nH+]c(N2CCC(F)(F)C2)c1N. The van der Waals surface area contributed by atoms with Crippen LogP contribution < -0.4 is 31.4 Å². The number of aromatic amines is 1. The summed E-state index contributed by atoms with van der Waals surface area (Å²) in [7, 11) is 1.77. The van der Waals surface area contributed by atoms with Gasteiger partial charge in [0.2, 0.25) is 11.6 Å². The number of anilines is 4. The van der Waals surface area contributed by atoms with E-state index in [-0.39, 0.29) is 24.4 Å². The van der Waals surface area contributed by atoms with Crippen molar-refractivity contribution in [3.63, 3.8) is 0 Å². The predicted octanol–water partition coefficient (Wildman–Crippen LogP) is 2.20. The second kappa shape index (κ2) is 8.31. The van der Waals surface area contributed by atoms with Gasteiger partial charge in [0.1, 0.15) is 12.1 Å². The molecule has 0 saturated carbocycles. The average Bonchev–Trinajstić information content (AvgIpc) is 3.06. The summed E-state index contributed by atoms with van der Waals surface area (Å²) >= 11 is 6.71. The maximum absolute atomic E-state index is 14.0. The van der Waals surface area contributed by atoms with Gasteiger partial charge in [-0.25, -0.2) is 19.2 Å². The Morgan fingerprint density at radius 3 is 2.69 bits per heavy atom. The third-order valence-corrected chi connectivity index (χ3v) is 6.61. The summed E-state index contributed by atoms with van der Waals surface area (Å²) in [5, 5.41) is 5.14. The molecule has 0 aromatic carbocycles. The lowest BCUT2D eigenvalue weighted by Gasteiger charge is -2.36. The zero-order valence-electron chi connectivity index (χ0n) is 18.6. The standard InChI is InChI=1S/C21H30ClF2N7O/c1-19(12-32-13-19)29-18-27-16(30-9-8-21(23,24)11-30)15(25)17(28-18)31(26-3)10-14-6-4-5-7-20(14,2)22/h4-7,14,26H,8-13,25H2,1-3H3,(H,27,28,29)/p+1. The Labute approximate surface area is 191 Å². The zero-order valence-corrected chi connectivity index (χ0v) is 19.3. The number of nitrogens with one attached hydrogen (secondary N) is 3. The van der Waals surface area contributed by atoms with E-state index in [1.54, 1.807) is 17.0 Å². The summed E-state index contributed by atoms with van der Waals surface area (Å²) in [6.45, 7) is 5.30. The highest BCUT2D eigenvalue weighted by atomic mass is 35.5. The number of hydrazine groups is 1. The Morgan fingerprint density at radius 1 is 1.38 bits per heavy atom. The molecule has 3 aliphatic rings. The van der Waals surface area contributed by atoms with E-state index in [0.29, 0.717) is 43.0 Å². The molecule has 0 radical (unpaired) electrons. The minimum absolute atomic E-state index is 0.0273. The first-order valence-electron chi connectivity index (χ1n) is 10.7. The molecule has 1 aliphatic carbocycles. The lowest BCUT2D eigenvalue weighted by Crippen LogP contribution is -2.54. The molecule has 1 aromatic heterocycles. The number of nitrogens with two attached hydrogens (primary N) is 1. The molecule has 2 atom stereocenters. The summed E-state index contributed by atoms with van der Waals surface area (Å²) in [6, 6.07) is 0. The van der Waals surface area contributed by atoms with Crippen molar-refractivity contribution < 1.29 is 18.5 Å². The predicted molar refractivity (Wildman–Crippen MR) is 122 cm³/mol. The first-order chi connectivity index (χ1) is 15.0. The van der Waals surface area contributed by atoms with Gasteiger partial charge in [0, 0.05) is 25.9 Å². The summed E-state index contributed by atoms with van der Waals surface area (Å²) in [6.07, 6.45) is 7.65. The molecule has 176 valence electrons. The Morgan fingerprint density at radius 2 is 2.12 bits per heavy atom. The van der Waals surface area contributed by atoms with Crippen LogP contribution in [0.3, 0.4) is 0 Å². The molecule has 8 nitrogen and oxygen atoms in total. The van der Waals surface area contributed by atoms with Gasteiger partial charge in [-0.3, -0.25) is 10.3 Å². The van der Waals surface area contributed by atoms with Crippen molar-refractivity contribution in [3.05, 3.63) is 24.3 Å². The smallest absolute Gasteiger partial charge is 0.347 e. The van der Waals surface area contributed by atoms with E-state index in [0.717, 1.165) is 0 Å². The number of hydrogen-bond donors (Lipinski definition) is 3. The third-order valence-electron chi connectivity index (χ3n) is 6.20. The molecule has 2 saturated heterocycles. The van der Waals surface area contributed by atoms with Crippen molar-refractivity contribution in [3.8, 4) is 0 Å². The quantitative estimate of drug-likeness (QED) is 0.415. The van der Waals surface area contributed by atoms with E-state index >= 15 is 0 Å². The molecule has 11 heteroatoms. The number of aromatic nitrogens is 2. The maximum atomic E-state index is 14.0. The normalized spacial score (nSPS) is 27.9. The van der Waals surface area contributed by atoms with Crippen LogP contribution >= 0.6 is 11.6 Å². The van der Waals surface area contributed by atoms with Crippen LogP contribution in [0.1, 0.15) is 20.3 Å². The van der Waals surface area contributed by atoms with Gasteiger partial charge in [0.25, 0.3) is 5.92 Å². The number of nitrogen functional groups attached to an aromatic ring is 1. The van der Waals surface area contributed by atoms with Crippen LogP contribution in [-0.2, 0) is 4.74 Å². The van der Waals surface area contributed by atoms with Crippen molar-refractivity contribution in [1.82, 2.24) is 10.4 Å². The van der Waals surface area contributed by atoms with Crippen molar-refractivity contribution in [2.45, 2.75) is 36.6 Å². The van der Waals surface area contributed by atoms with Crippen molar-refractivity contribution >= 4 is 34.9 Å². The molecule has 32 heavy (non-hydrogen) atoms. The zero-order chi connectivity index (χ0) is 23.1. The van der Waals surface area contributed by atoms with Crippen LogP contribution in [0.4, 0.5) is 32.1 Å². The maximum Gasteiger partial charge on any atom is 0.347 e. The van der Waals surface area contributed by atoms with E-state index in [1.807, 2.05) is 38.2 Å². The number of H-pyrrole nitrogens is 1. The lowest BCUT2D eigenvalue weighted by atomic mass is 9.89. The molecule has 3 heterocycles. The van der Waals surface area contributed by atoms with E-state index < -0.39 is 17.3 Å². The Bertz CT molecular complexity index is 920. The molecule has 2 unspecified atom stereocenters. The van der Waals surface area contributed by atoms with Crippen LogP contribution in [0.5, 0.6) is 0 Å². The van der Waals surface area contributed by atoms with Gasteiger partial charge >= 0.3 is 5.95 Å². The fourth-order valence-corrected chi connectivity index (χ4v) is 4.37. The van der Waals surface area contributed by atoms with Crippen LogP contribution in [-0.4, -0.2) is 61.2 Å². The van der Waals surface area contributed by atoms with E-state index in [4.69, 9.17) is 27.1 Å². The number of rotatable bonds is 7. The van der Waals surface area contributed by atoms with Gasteiger partial charge in [-0.05, 0) is 13.8 Å². The van der Waals surface area contributed by atoms with Crippen LogP contribution in [0, 0.1) is 5.92 Å². The summed E-state index contributed by atoms with van der Waals surface area (Å²) < 4.78 is 33.3. The molecule has 1 aromatic rings. The fourth-order valence-electron chi connectivity index (χ4n) is 4.16. The summed E-state index contributed by atoms with van der Waals surface area (Å²) in [4.78, 5) is 8.85. The number of allylic oxidation sites excluding steroid dienone is 3. The Kier molecular flexibility index (Phi) is 5.98. The summed E-state index contributed by atoms with van der Waals surface area (Å²) in [5.41, 5.74) is 9.64. The lowest BCUT2D eigenvalue weighted by molar-refractivity contribution is -0.351. The Balaban J connectivity index is 1.69. The van der Waals surface area contributed by atoms with Crippen LogP contribution in [0.2, 0.25) is 0 Å². The first-order valence-corrected chi connectivity index (χ1v) is 11.1. The number of alkyl halides is 3. The highest BCUT2D eigenvalue weighted by molar-refractivity contribution is 6.25. The highest BCUT2D eigenvalue weighted by Gasteiger charge is 2.44. The van der Waals surface area contributed by atoms with Gasteiger partial charge in [-0.15, -0.1) is 11.6 Å². The molecule has 0 amide bonds. The number of nitrogens with zero attached hydrogens (tertiary/aromatic N) is 3. The van der Waals surface area contributed by atoms with Crippen LogP contribution in [0.25, 0.3) is 0 Å². The molecular weight excluding hydrogens is 440 g/mol. The monoisotopic (exact) mass is 470 g/mol.